The lowest BCUT2D eigenvalue weighted by Crippen LogP contribution is -2.34. The molecule has 1 aliphatic heterocycles. The maximum absolute atomic E-state index is 6.05. The summed E-state index contributed by atoms with van der Waals surface area (Å²) in [5, 5.41) is 8.56. The van der Waals surface area contributed by atoms with Crippen LogP contribution in [0.4, 0.5) is 0 Å². The molecule has 1 atom stereocenters. The molecule has 4 aromatic rings. The number of aromatic amines is 1. The van der Waals surface area contributed by atoms with E-state index < -0.39 is 0 Å². The van der Waals surface area contributed by atoms with Crippen molar-refractivity contribution in [1.29, 1.82) is 0 Å². The Morgan fingerprint density at radius 1 is 1.26 bits per heavy atom. The maximum Gasteiger partial charge on any atom is 0.153 e. The lowest BCUT2D eigenvalue weighted by Gasteiger charge is -2.35. The first kappa shape index (κ1) is 16.3. The van der Waals surface area contributed by atoms with Gasteiger partial charge in [-0.25, -0.2) is 4.98 Å². The minimum absolute atomic E-state index is 0.345. The Kier molecular flexibility index (Phi) is 4.05. The second-order valence-electron chi connectivity index (χ2n) is 7.30. The Bertz CT molecular complexity index is 1030. The number of nitrogens with one attached hydrogen (secondary N) is 1. The molecule has 0 radical (unpaired) electrons. The quantitative estimate of drug-likeness (QED) is 0.589. The largest absolute Gasteiger partial charge is 0.454 e. The van der Waals surface area contributed by atoms with E-state index in [2.05, 4.69) is 43.8 Å². The molecule has 0 unspecified atom stereocenters. The van der Waals surface area contributed by atoms with Crippen LogP contribution < -0.4 is 0 Å². The van der Waals surface area contributed by atoms with E-state index in [1.165, 1.54) is 12.8 Å². The number of nitrogens with zero attached hydrogens (tertiary/aromatic N) is 4. The number of hydrogen-bond acceptors (Lipinski definition) is 4. The molecule has 1 aliphatic rings. The van der Waals surface area contributed by atoms with Crippen LogP contribution in [0.3, 0.4) is 0 Å². The van der Waals surface area contributed by atoms with Gasteiger partial charge in [-0.05, 0) is 31.5 Å². The van der Waals surface area contributed by atoms with Crippen molar-refractivity contribution in [2.24, 2.45) is 7.05 Å². The number of aromatic nitrogens is 4. The van der Waals surface area contributed by atoms with E-state index in [9.17, 15) is 0 Å². The van der Waals surface area contributed by atoms with Gasteiger partial charge in [-0.15, -0.1) is 0 Å². The fourth-order valence-corrected chi connectivity index (χ4v) is 4.14. The lowest BCUT2D eigenvalue weighted by atomic mass is 10.0. The number of likely N-dealkylation sites (tertiary alicyclic amines) is 1. The van der Waals surface area contributed by atoms with Gasteiger partial charge in [-0.3, -0.25) is 10.00 Å². The number of para-hydroxylation sites is 1. The molecule has 0 spiro atoms. The molecule has 0 saturated carbocycles. The predicted molar refractivity (Wildman–Crippen MR) is 104 cm³/mol. The number of fused-ring (bicyclic) bond motifs is 1. The zero-order chi connectivity index (χ0) is 18.2. The third kappa shape index (κ3) is 2.96. The van der Waals surface area contributed by atoms with Crippen molar-refractivity contribution in [3.63, 3.8) is 0 Å². The predicted octanol–water partition coefficient (Wildman–Crippen LogP) is 4.28. The van der Waals surface area contributed by atoms with E-state index in [1.54, 1.807) is 0 Å². The molecule has 6 nitrogen and oxygen atoms in total. The minimum Gasteiger partial charge on any atom is -0.454 e. The van der Waals surface area contributed by atoms with Gasteiger partial charge >= 0.3 is 0 Å². The first-order chi connectivity index (χ1) is 13.3. The second kappa shape index (κ2) is 6.70. The average Bonchev–Trinajstić information content (AvgIpc) is 3.41. The number of furan rings is 1. The normalized spacial score (nSPS) is 18.3. The van der Waals surface area contributed by atoms with E-state index in [0.717, 1.165) is 53.3 Å². The van der Waals surface area contributed by atoms with Gasteiger partial charge in [0.15, 0.2) is 5.76 Å². The van der Waals surface area contributed by atoms with Gasteiger partial charge in [0.1, 0.15) is 17.1 Å². The molecule has 27 heavy (non-hydrogen) atoms. The van der Waals surface area contributed by atoms with Crippen molar-refractivity contribution >= 4 is 11.0 Å². The molecule has 1 fully saturated rings. The van der Waals surface area contributed by atoms with E-state index in [4.69, 9.17) is 4.42 Å². The lowest BCUT2D eigenvalue weighted by molar-refractivity contribution is 0.132. The van der Waals surface area contributed by atoms with Gasteiger partial charge in [-0.1, -0.05) is 24.6 Å². The van der Waals surface area contributed by atoms with Crippen LogP contribution in [0.2, 0.25) is 0 Å². The zero-order valence-corrected chi connectivity index (χ0v) is 15.4. The summed E-state index contributed by atoms with van der Waals surface area (Å²) in [6.07, 6.45) is 9.45. The number of aryl methyl sites for hydroxylation is 1. The summed E-state index contributed by atoms with van der Waals surface area (Å²) in [6, 6.07) is 10.5. The van der Waals surface area contributed by atoms with Crippen molar-refractivity contribution in [3.05, 3.63) is 60.3 Å². The highest BCUT2D eigenvalue weighted by molar-refractivity contribution is 5.82. The summed E-state index contributed by atoms with van der Waals surface area (Å²) in [6.45, 7) is 1.91. The van der Waals surface area contributed by atoms with Crippen LogP contribution in [-0.4, -0.2) is 31.2 Å². The molecular formula is C21H23N5O. The highest BCUT2D eigenvalue weighted by Crippen LogP contribution is 2.34. The molecule has 1 N–H and O–H groups in total. The Balaban J connectivity index is 1.45. The molecule has 4 heterocycles. The number of rotatable bonds is 4. The van der Waals surface area contributed by atoms with Crippen LogP contribution in [0.15, 0.2) is 53.3 Å². The third-order valence-electron chi connectivity index (χ3n) is 5.53. The molecule has 1 aromatic carbocycles. The van der Waals surface area contributed by atoms with Crippen molar-refractivity contribution in [1.82, 2.24) is 24.6 Å². The summed E-state index contributed by atoms with van der Waals surface area (Å²) >= 11 is 0. The van der Waals surface area contributed by atoms with Gasteiger partial charge in [-0.2, -0.15) is 5.10 Å². The van der Waals surface area contributed by atoms with Gasteiger partial charge in [0, 0.05) is 36.9 Å². The summed E-state index contributed by atoms with van der Waals surface area (Å²) in [5.74, 6) is 1.98. The first-order valence-electron chi connectivity index (χ1n) is 9.52. The highest BCUT2D eigenvalue weighted by Gasteiger charge is 2.28. The van der Waals surface area contributed by atoms with Crippen molar-refractivity contribution in [2.45, 2.75) is 31.8 Å². The fraction of sp³-hybridized carbons (Fsp3) is 0.333. The van der Waals surface area contributed by atoms with E-state index in [1.807, 2.05) is 36.8 Å². The van der Waals surface area contributed by atoms with Crippen LogP contribution in [0.1, 0.15) is 36.7 Å². The van der Waals surface area contributed by atoms with Crippen molar-refractivity contribution < 1.29 is 4.42 Å². The number of imidazole rings is 1. The number of hydrogen-bond donors (Lipinski definition) is 1. The van der Waals surface area contributed by atoms with E-state index in [-0.39, 0.29) is 0 Å². The first-order valence-corrected chi connectivity index (χ1v) is 9.52. The second-order valence-corrected chi connectivity index (χ2v) is 7.30. The average molecular weight is 361 g/mol. The van der Waals surface area contributed by atoms with Crippen molar-refractivity contribution in [3.8, 4) is 11.5 Å². The highest BCUT2D eigenvalue weighted by atomic mass is 16.3. The number of benzene rings is 1. The summed E-state index contributed by atoms with van der Waals surface area (Å²) in [5.41, 5.74) is 3.03. The topological polar surface area (TPSA) is 62.9 Å². The fourth-order valence-electron chi connectivity index (χ4n) is 4.14. The van der Waals surface area contributed by atoms with Crippen LogP contribution in [0.5, 0.6) is 0 Å². The van der Waals surface area contributed by atoms with Crippen LogP contribution >= 0.6 is 0 Å². The van der Waals surface area contributed by atoms with E-state index >= 15 is 0 Å². The Morgan fingerprint density at radius 2 is 2.19 bits per heavy atom. The number of H-pyrrole nitrogens is 1. The Hall–Kier alpha value is -2.86. The Morgan fingerprint density at radius 3 is 3.04 bits per heavy atom. The smallest absolute Gasteiger partial charge is 0.153 e. The SMILES string of the molecule is Cn1ccnc1[C@@H]1CCCCN1Cc1cn[nH]c1-c1cc2ccccc2o1. The van der Waals surface area contributed by atoms with E-state index in [0.29, 0.717) is 6.04 Å². The molecule has 0 amide bonds. The molecular weight excluding hydrogens is 338 g/mol. The Labute approximate surface area is 157 Å². The van der Waals surface area contributed by atoms with Gasteiger partial charge in [0.25, 0.3) is 0 Å². The third-order valence-corrected chi connectivity index (χ3v) is 5.53. The molecule has 6 heteroatoms. The molecule has 1 saturated heterocycles. The van der Waals surface area contributed by atoms with Gasteiger partial charge in [0.2, 0.25) is 0 Å². The molecule has 138 valence electrons. The summed E-state index contributed by atoms with van der Waals surface area (Å²) in [4.78, 5) is 7.12. The van der Waals surface area contributed by atoms with Crippen LogP contribution in [0.25, 0.3) is 22.4 Å². The van der Waals surface area contributed by atoms with Crippen molar-refractivity contribution in [2.75, 3.05) is 6.54 Å². The molecule has 3 aromatic heterocycles. The van der Waals surface area contributed by atoms with Crippen LogP contribution in [-0.2, 0) is 13.6 Å². The number of piperidine rings is 1. The summed E-state index contributed by atoms with van der Waals surface area (Å²) in [7, 11) is 2.08. The molecule has 5 rings (SSSR count). The standard InChI is InChI=1S/C21H23N5O/c1-25-11-9-22-21(25)17-7-4-5-10-26(17)14-16-13-23-24-20(16)19-12-15-6-2-3-8-18(15)27-19/h2-3,6,8-9,11-13,17H,4-5,7,10,14H2,1H3,(H,23,24)/t17-/m0/s1. The van der Waals surface area contributed by atoms with Crippen LogP contribution in [0, 0.1) is 0 Å². The zero-order valence-electron chi connectivity index (χ0n) is 15.4. The van der Waals surface area contributed by atoms with Gasteiger partial charge < -0.3 is 8.98 Å². The summed E-state index contributed by atoms with van der Waals surface area (Å²) < 4.78 is 8.19. The minimum atomic E-state index is 0.345. The van der Waals surface area contributed by atoms with Gasteiger partial charge in [0.05, 0.1) is 12.2 Å². The molecule has 0 bridgehead atoms. The monoisotopic (exact) mass is 361 g/mol. The maximum atomic E-state index is 6.05. The molecule has 0 aliphatic carbocycles.